The zero-order valence-corrected chi connectivity index (χ0v) is 10.4. The standard InChI is InChI=1S/C10H15N3O3S/c1-6(11)4-9-7-5-17(15,16)3-2-8(7)12-10(14)13-9/h6H,2-5,11H2,1H3,(H,12,13,14). The first kappa shape index (κ1) is 12.3. The van der Waals surface area contributed by atoms with Gasteiger partial charge in [0.2, 0.25) is 0 Å². The molecule has 0 radical (unpaired) electrons. The Morgan fingerprint density at radius 1 is 1.53 bits per heavy atom. The van der Waals surface area contributed by atoms with Crippen molar-refractivity contribution in [1.29, 1.82) is 0 Å². The number of nitrogens with two attached hydrogens (primary N) is 1. The summed E-state index contributed by atoms with van der Waals surface area (Å²) >= 11 is 0. The number of H-pyrrole nitrogens is 1. The van der Waals surface area contributed by atoms with Gasteiger partial charge in [-0.2, -0.15) is 4.98 Å². The fourth-order valence-corrected chi connectivity index (χ4v) is 3.44. The average Bonchev–Trinajstić information content (AvgIpc) is 2.17. The molecule has 1 aliphatic rings. The molecule has 0 aromatic carbocycles. The molecule has 1 aromatic heterocycles. The monoisotopic (exact) mass is 257 g/mol. The summed E-state index contributed by atoms with van der Waals surface area (Å²) in [6.07, 6.45) is 0.767. The van der Waals surface area contributed by atoms with Crippen molar-refractivity contribution in [2.45, 2.75) is 31.6 Å². The first-order chi connectivity index (χ1) is 7.87. The van der Waals surface area contributed by atoms with E-state index in [2.05, 4.69) is 9.97 Å². The summed E-state index contributed by atoms with van der Waals surface area (Å²) in [5.41, 5.74) is 7.08. The summed E-state index contributed by atoms with van der Waals surface area (Å²) in [7, 11) is -3.07. The summed E-state index contributed by atoms with van der Waals surface area (Å²) in [6, 6.07) is -0.155. The Labute approximate surface area is 99.2 Å². The minimum atomic E-state index is -3.07. The number of nitrogens with one attached hydrogen (secondary N) is 1. The fourth-order valence-electron chi connectivity index (χ4n) is 2.00. The van der Waals surface area contributed by atoms with Gasteiger partial charge in [-0.1, -0.05) is 0 Å². The maximum Gasteiger partial charge on any atom is 0.345 e. The number of rotatable bonds is 2. The maximum atomic E-state index is 11.6. The lowest BCUT2D eigenvalue weighted by Gasteiger charge is -2.19. The number of aromatic amines is 1. The third kappa shape index (κ3) is 2.73. The van der Waals surface area contributed by atoms with Crippen molar-refractivity contribution in [3.63, 3.8) is 0 Å². The van der Waals surface area contributed by atoms with Crippen LogP contribution in [-0.2, 0) is 28.4 Å². The Morgan fingerprint density at radius 2 is 2.24 bits per heavy atom. The molecule has 6 nitrogen and oxygen atoms in total. The molecule has 17 heavy (non-hydrogen) atoms. The van der Waals surface area contributed by atoms with E-state index in [1.165, 1.54) is 0 Å². The van der Waals surface area contributed by atoms with Crippen LogP contribution in [0, 0.1) is 0 Å². The average molecular weight is 257 g/mol. The molecular weight excluding hydrogens is 242 g/mol. The number of nitrogens with zero attached hydrogens (tertiary/aromatic N) is 1. The van der Waals surface area contributed by atoms with Crippen molar-refractivity contribution in [1.82, 2.24) is 9.97 Å². The van der Waals surface area contributed by atoms with Gasteiger partial charge in [0.15, 0.2) is 9.84 Å². The summed E-state index contributed by atoms with van der Waals surface area (Å²) < 4.78 is 23.2. The summed E-state index contributed by atoms with van der Waals surface area (Å²) in [5.74, 6) is 0.0335. The number of hydrogen-bond acceptors (Lipinski definition) is 5. The molecule has 0 aliphatic carbocycles. The van der Waals surface area contributed by atoms with Crippen LogP contribution in [0.3, 0.4) is 0 Å². The Hall–Kier alpha value is -1.21. The second kappa shape index (κ2) is 4.23. The summed E-state index contributed by atoms with van der Waals surface area (Å²) in [4.78, 5) is 17.8. The van der Waals surface area contributed by atoms with Crippen LogP contribution in [0.2, 0.25) is 0 Å². The molecule has 0 saturated heterocycles. The zero-order chi connectivity index (χ0) is 12.6. The molecule has 7 heteroatoms. The quantitative estimate of drug-likeness (QED) is 0.716. The summed E-state index contributed by atoms with van der Waals surface area (Å²) in [5, 5.41) is 0. The van der Waals surface area contributed by atoms with Gasteiger partial charge < -0.3 is 10.7 Å². The number of aryl methyl sites for hydroxylation is 1. The number of aromatic nitrogens is 2. The van der Waals surface area contributed by atoms with Crippen molar-refractivity contribution < 1.29 is 8.42 Å². The molecule has 1 aliphatic heterocycles. The molecule has 2 rings (SSSR count). The van der Waals surface area contributed by atoms with E-state index in [9.17, 15) is 13.2 Å². The molecule has 2 heterocycles. The van der Waals surface area contributed by atoms with Gasteiger partial charge >= 0.3 is 5.69 Å². The molecule has 0 spiro atoms. The molecule has 1 atom stereocenters. The Kier molecular flexibility index (Phi) is 3.05. The largest absolute Gasteiger partial charge is 0.345 e. The van der Waals surface area contributed by atoms with Crippen LogP contribution in [0.5, 0.6) is 0 Å². The Balaban J connectivity index is 2.53. The van der Waals surface area contributed by atoms with Gasteiger partial charge in [0, 0.05) is 30.1 Å². The van der Waals surface area contributed by atoms with Crippen molar-refractivity contribution >= 4 is 9.84 Å². The third-order valence-corrected chi connectivity index (χ3v) is 4.30. The molecule has 0 fully saturated rings. The molecule has 1 aromatic rings. The molecule has 3 N–H and O–H groups in total. The van der Waals surface area contributed by atoms with Crippen LogP contribution in [0.1, 0.15) is 23.9 Å². The van der Waals surface area contributed by atoms with E-state index in [0.29, 0.717) is 29.8 Å². The molecular formula is C10H15N3O3S. The van der Waals surface area contributed by atoms with E-state index in [1.54, 1.807) is 6.92 Å². The van der Waals surface area contributed by atoms with E-state index in [4.69, 9.17) is 5.73 Å². The first-order valence-electron chi connectivity index (χ1n) is 5.44. The third-order valence-electron chi connectivity index (χ3n) is 2.75. The predicted octanol–water partition coefficient (Wildman–Crippen LogP) is -0.869. The van der Waals surface area contributed by atoms with E-state index in [0.717, 1.165) is 0 Å². The molecule has 0 bridgehead atoms. The van der Waals surface area contributed by atoms with Crippen LogP contribution in [-0.4, -0.2) is 30.2 Å². The normalized spacial score (nSPS) is 19.6. The van der Waals surface area contributed by atoms with Gasteiger partial charge in [0.05, 0.1) is 17.2 Å². The van der Waals surface area contributed by atoms with E-state index in [1.807, 2.05) is 0 Å². The smallest absolute Gasteiger partial charge is 0.328 e. The minimum Gasteiger partial charge on any atom is -0.328 e. The SMILES string of the molecule is CC(N)Cc1nc(=O)[nH]c2c1CS(=O)(=O)CC2. The molecule has 0 amide bonds. The lowest BCUT2D eigenvalue weighted by atomic mass is 10.1. The van der Waals surface area contributed by atoms with E-state index >= 15 is 0 Å². The second-order valence-corrected chi connectivity index (χ2v) is 6.65. The Bertz CT molecular complexity index is 589. The van der Waals surface area contributed by atoms with Gasteiger partial charge in [0.25, 0.3) is 0 Å². The Morgan fingerprint density at radius 3 is 2.88 bits per heavy atom. The highest BCUT2D eigenvalue weighted by molar-refractivity contribution is 7.90. The van der Waals surface area contributed by atoms with Crippen LogP contribution in [0.4, 0.5) is 0 Å². The topological polar surface area (TPSA) is 106 Å². The van der Waals surface area contributed by atoms with Gasteiger partial charge in [0.1, 0.15) is 0 Å². The first-order valence-corrected chi connectivity index (χ1v) is 7.26. The van der Waals surface area contributed by atoms with Crippen LogP contribution >= 0.6 is 0 Å². The van der Waals surface area contributed by atoms with Crippen LogP contribution in [0.15, 0.2) is 4.79 Å². The fraction of sp³-hybridized carbons (Fsp3) is 0.600. The molecule has 0 saturated carbocycles. The van der Waals surface area contributed by atoms with E-state index in [-0.39, 0.29) is 17.5 Å². The van der Waals surface area contributed by atoms with Crippen molar-refractivity contribution in [3.8, 4) is 0 Å². The van der Waals surface area contributed by atoms with Gasteiger partial charge in [-0.3, -0.25) is 0 Å². The zero-order valence-electron chi connectivity index (χ0n) is 9.56. The number of sulfone groups is 1. The van der Waals surface area contributed by atoms with Gasteiger partial charge in [-0.15, -0.1) is 0 Å². The predicted molar refractivity (Wildman–Crippen MR) is 63.4 cm³/mol. The maximum absolute atomic E-state index is 11.6. The highest BCUT2D eigenvalue weighted by atomic mass is 32.2. The second-order valence-electron chi connectivity index (χ2n) is 4.47. The van der Waals surface area contributed by atoms with Crippen molar-refractivity contribution in [3.05, 3.63) is 27.4 Å². The highest BCUT2D eigenvalue weighted by Gasteiger charge is 2.25. The lowest BCUT2D eigenvalue weighted by Crippen LogP contribution is -2.30. The molecule has 94 valence electrons. The minimum absolute atomic E-state index is 0.0475. The van der Waals surface area contributed by atoms with Crippen LogP contribution in [0.25, 0.3) is 0 Å². The summed E-state index contributed by atoms with van der Waals surface area (Å²) in [6.45, 7) is 1.80. The number of fused-ring (bicyclic) bond motifs is 1. The van der Waals surface area contributed by atoms with Gasteiger partial charge in [-0.05, 0) is 6.92 Å². The van der Waals surface area contributed by atoms with Crippen molar-refractivity contribution in [2.75, 3.05) is 5.75 Å². The molecule has 1 unspecified atom stereocenters. The van der Waals surface area contributed by atoms with Gasteiger partial charge in [-0.25, -0.2) is 13.2 Å². The van der Waals surface area contributed by atoms with Crippen LogP contribution < -0.4 is 11.4 Å². The van der Waals surface area contributed by atoms with E-state index < -0.39 is 15.5 Å². The lowest BCUT2D eigenvalue weighted by molar-refractivity contribution is 0.588. The van der Waals surface area contributed by atoms with Crippen molar-refractivity contribution in [2.24, 2.45) is 5.73 Å². The number of hydrogen-bond donors (Lipinski definition) is 2. The highest BCUT2D eigenvalue weighted by Crippen LogP contribution is 2.20.